The Morgan fingerprint density at radius 1 is 0.977 bits per heavy atom. The second kappa shape index (κ2) is 12.9. The fourth-order valence-corrected chi connectivity index (χ4v) is 6.41. The number of aryl methyl sites for hydroxylation is 1. The summed E-state index contributed by atoms with van der Waals surface area (Å²) in [6, 6.07) is 18.1. The Bertz CT molecular complexity index is 1920. The summed E-state index contributed by atoms with van der Waals surface area (Å²) >= 11 is 1.29. The second-order valence-corrected chi connectivity index (χ2v) is 11.7. The summed E-state index contributed by atoms with van der Waals surface area (Å²) in [4.78, 5) is 33.5. The molecule has 1 aromatic heterocycles. The molecule has 1 aliphatic heterocycles. The standard InChI is InChI=1S/C35H36N2O6S/c1-8-43-34(39)30-31(22-12-10-9-11-13-22)36-35-37(32(30)23-14-15-26(40-5)28(18-23)42-7)33(38)29(44-35)19-24-17-25(20(2)3)27(41-6)16-21(24)4/h9-20,32H,8H2,1-7H3/b29-19+/t32-/m1/s1. The molecule has 4 aromatic rings. The largest absolute Gasteiger partial charge is 0.496 e. The molecule has 5 rings (SSSR count). The number of aromatic nitrogens is 1. The Balaban J connectivity index is 1.84. The molecule has 0 amide bonds. The zero-order chi connectivity index (χ0) is 31.5. The number of thiazole rings is 1. The van der Waals surface area contributed by atoms with Crippen molar-refractivity contribution < 1.29 is 23.7 Å². The van der Waals surface area contributed by atoms with Crippen molar-refractivity contribution in [2.24, 2.45) is 4.99 Å². The van der Waals surface area contributed by atoms with Gasteiger partial charge in [-0.25, -0.2) is 9.79 Å². The van der Waals surface area contributed by atoms with Crippen molar-refractivity contribution in [2.45, 2.75) is 39.7 Å². The lowest BCUT2D eigenvalue weighted by Gasteiger charge is -2.26. The lowest BCUT2D eigenvalue weighted by molar-refractivity contribution is -0.138. The van der Waals surface area contributed by atoms with Gasteiger partial charge in [0.15, 0.2) is 16.3 Å². The number of carbonyl (C=O) groups excluding carboxylic acids is 1. The first-order valence-corrected chi connectivity index (χ1v) is 15.2. The number of rotatable bonds is 9. The zero-order valence-corrected chi connectivity index (χ0v) is 26.8. The van der Waals surface area contributed by atoms with Gasteiger partial charge >= 0.3 is 5.97 Å². The monoisotopic (exact) mass is 612 g/mol. The number of nitrogens with zero attached hydrogens (tertiary/aromatic N) is 2. The molecule has 3 aromatic carbocycles. The van der Waals surface area contributed by atoms with Crippen LogP contribution in [0, 0.1) is 6.92 Å². The van der Waals surface area contributed by atoms with Crippen LogP contribution in [0.3, 0.4) is 0 Å². The summed E-state index contributed by atoms with van der Waals surface area (Å²) in [7, 11) is 4.77. The predicted octanol–water partition coefficient (Wildman–Crippen LogP) is 5.39. The van der Waals surface area contributed by atoms with E-state index in [9.17, 15) is 9.59 Å². The number of esters is 1. The van der Waals surface area contributed by atoms with E-state index in [1.54, 1.807) is 45.0 Å². The number of carbonyl (C=O) groups is 1. The first kappa shape index (κ1) is 30.8. The molecule has 0 bridgehead atoms. The number of hydrogen-bond acceptors (Lipinski definition) is 8. The maximum absolute atomic E-state index is 14.3. The van der Waals surface area contributed by atoms with Crippen molar-refractivity contribution in [2.75, 3.05) is 27.9 Å². The highest BCUT2D eigenvalue weighted by Crippen LogP contribution is 2.38. The molecule has 1 aliphatic rings. The Morgan fingerprint density at radius 3 is 2.32 bits per heavy atom. The van der Waals surface area contributed by atoms with Crippen molar-refractivity contribution in [1.82, 2.24) is 4.57 Å². The molecule has 8 nitrogen and oxygen atoms in total. The van der Waals surface area contributed by atoms with Crippen LogP contribution in [-0.4, -0.2) is 38.5 Å². The van der Waals surface area contributed by atoms with Gasteiger partial charge in [0.05, 0.1) is 49.8 Å². The van der Waals surface area contributed by atoms with Crippen LogP contribution >= 0.6 is 11.3 Å². The van der Waals surface area contributed by atoms with E-state index in [4.69, 9.17) is 23.9 Å². The Kier molecular flexibility index (Phi) is 9.06. The molecule has 0 aliphatic carbocycles. The highest BCUT2D eigenvalue weighted by atomic mass is 32.1. The summed E-state index contributed by atoms with van der Waals surface area (Å²) in [5.74, 6) is 1.51. The van der Waals surface area contributed by atoms with Crippen LogP contribution < -0.4 is 29.1 Å². The number of hydrogen-bond donors (Lipinski definition) is 0. The van der Waals surface area contributed by atoms with Crippen LogP contribution in [0.5, 0.6) is 17.2 Å². The molecule has 0 N–H and O–H groups in total. The van der Waals surface area contributed by atoms with E-state index in [1.807, 2.05) is 55.5 Å². The van der Waals surface area contributed by atoms with Crippen molar-refractivity contribution in [3.63, 3.8) is 0 Å². The SMILES string of the molecule is CCOC(=O)C1=C(c2ccccc2)N=c2s/c(=C/c3cc(C(C)C)c(OC)cc3C)c(=O)n2[C@@H]1c1ccc(OC)c(OC)c1. The predicted molar refractivity (Wildman–Crippen MR) is 172 cm³/mol. The smallest absolute Gasteiger partial charge is 0.338 e. The number of fused-ring (bicyclic) bond motifs is 1. The van der Waals surface area contributed by atoms with Crippen LogP contribution in [0.1, 0.15) is 60.5 Å². The van der Waals surface area contributed by atoms with E-state index in [0.29, 0.717) is 32.1 Å². The Morgan fingerprint density at radius 2 is 1.68 bits per heavy atom. The minimum atomic E-state index is -0.828. The van der Waals surface area contributed by atoms with E-state index < -0.39 is 12.0 Å². The zero-order valence-electron chi connectivity index (χ0n) is 26.0. The molecular weight excluding hydrogens is 576 g/mol. The molecule has 2 heterocycles. The molecule has 0 spiro atoms. The summed E-state index contributed by atoms with van der Waals surface area (Å²) in [5.41, 5.74) is 4.81. The van der Waals surface area contributed by atoms with Crippen LogP contribution in [0.25, 0.3) is 11.8 Å². The topological polar surface area (TPSA) is 88.4 Å². The second-order valence-electron chi connectivity index (χ2n) is 10.7. The summed E-state index contributed by atoms with van der Waals surface area (Å²) in [6.45, 7) is 8.13. The first-order chi connectivity index (χ1) is 21.2. The molecule has 0 unspecified atom stereocenters. The van der Waals surface area contributed by atoms with Crippen molar-refractivity contribution >= 4 is 29.1 Å². The van der Waals surface area contributed by atoms with Gasteiger partial charge in [0.2, 0.25) is 0 Å². The fraction of sp³-hybridized carbons (Fsp3) is 0.286. The lowest BCUT2D eigenvalue weighted by atomic mass is 9.93. The van der Waals surface area contributed by atoms with E-state index in [1.165, 1.54) is 11.3 Å². The molecule has 0 radical (unpaired) electrons. The van der Waals surface area contributed by atoms with Gasteiger partial charge in [0.1, 0.15) is 5.75 Å². The van der Waals surface area contributed by atoms with Gasteiger partial charge in [-0.05, 0) is 72.4 Å². The molecule has 1 atom stereocenters. The molecule has 228 valence electrons. The Hall–Kier alpha value is -4.63. The van der Waals surface area contributed by atoms with Crippen LogP contribution in [0.4, 0.5) is 0 Å². The molecule has 9 heteroatoms. The normalized spacial score (nSPS) is 14.7. The van der Waals surface area contributed by atoms with Crippen LogP contribution in [-0.2, 0) is 9.53 Å². The molecule has 0 saturated carbocycles. The molecule has 0 fully saturated rings. The third-order valence-electron chi connectivity index (χ3n) is 7.62. The minimum absolute atomic E-state index is 0.169. The van der Waals surface area contributed by atoms with E-state index >= 15 is 0 Å². The van der Waals surface area contributed by atoms with Crippen LogP contribution in [0.2, 0.25) is 0 Å². The van der Waals surface area contributed by atoms with Gasteiger partial charge in [0, 0.05) is 5.56 Å². The van der Waals surface area contributed by atoms with E-state index in [0.717, 1.165) is 28.0 Å². The van der Waals surface area contributed by atoms with Gasteiger partial charge in [0.25, 0.3) is 5.56 Å². The van der Waals surface area contributed by atoms with Gasteiger partial charge < -0.3 is 18.9 Å². The Labute approximate surface area is 260 Å². The number of benzene rings is 3. The quantitative estimate of drug-likeness (QED) is 0.236. The average Bonchev–Trinajstić information content (AvgIpc) is 3.34. The summed E-state index contributed by atoms with van der Waals surface area (Å²) in [6.07, 6.45) is 1.90. The highest BCUT2D eigenvalue weighted by Gasteiger charge is 2.35. The molecule has 44 heavy (non-hydrogen) atoms. The third-order valence-corrected chi connectivity index (χ3v) is 8.61. The summed E-state index contributed by atoms with van der Waals surface area (Å²) < 4.78 is 24.4. The van der Waals surface area contributed by atoms with Crippen LogP contribution in [0.15, 0.2) is 76.0 Å². The summed E-state index contributed by atoms with van der Waals surface area (Å²) in [5, 5.41) is 0. The number of ether oxygens (including phenoxy) is 4. The maximum atomic E-state index is 14.3. The van der Waals surface area contributed by atoms with E-state index in [2.05, 4.69) is 19.9 Å². The van der Waals surface area contributed by atoms with Crippen molar-refractivity contribution in [3.8, 4) is 17.2 Å². The van der Waals surface area contributed by atoms with Crippen molar-refractivity contribution in [1.29, 1.82) is 0 Å². The molecule has 0 saturated heterocycles. The van der Waals surface area contributed by atoms with Gasteiger partial charge in [-0.1, -0.05) is 61.6 Å². The van der Waals surface area contributed by atoms with Gasteiger partial charge in [-0.3, -0.25) is 9.36 Å². The fourth-order valence-electron chi connectivity index (χ4n) is 5.42. The van der Waals surface area contributed by atoms with Gasteiger partial charge in [-0.15, -0.1) is 0 Å². The minimum Gasteiger partial charge on any atom is -0.496 e. The first-order valence-electron chi connectivity index (χ1n) is 14.4. The lowest BCUT2D eigenvalue weighted by Crippen LogP contribution is -2.40. The van der Waals surface area contributed by atoms with Crippen molar-refractivity contribution in [3.05, 3.63) is 114 Å². The average molecular weight is 613 g/mol. The maximum Gasteiger partial charge on any atom is 0.338 e. The van der Waals surface area contributed by atoms with Gasteiger partial charge in [-0.2, -0.15) is 0 Å². The molecular formula is C35H36N2O6S. The highest BCUT2D eigenvalue weighted by molar-refractivity contribution is 7.07. The third kappa shape index (κ3) is 5.67. The number of methoxy groups -OCH3 is 3. The van der Waals surface area contributed by atoms with E-state index in [-0.39, 0.29) is 23.7 Å².